The van der Waals surface area contributed by atoms with Crippen LogP contribution in [-0.4, -0.2) is 56.8 Å². The van der Waals surface area contributed by atoms with Gasteiger partial charge in [-0.15, -0.1) is 0 Å². The summed E-state index contributed by atoms with van der Waals surface area (Å²) < 4.78 is 50.6. The molecule has 3 fully saturated rings. The lowest BCUT2D eigenvalue weighted by Gasteiger charge is -2.70. The average Bonchev–Trinajstić information content (AvgIpc) is 2.76. The highest BCUT2D eigenvalue weighted by Crippen LogP contribution is 2.60. The minimum absolute atomic E-state index is 0.174. The SMILES string of the molecule is Cc1ccc(OCC(=O)NC23CC(NC(=O)C4CN(S(C)(=O)=O)c5cc(Cl)ccc5O4)(C2)C3)cc1F. The summed E-state index contributed by atoms with van der Waals surface area (Å²) in [5.41, 5.74) is -0.103. The Morgan fingerprint density at radius 3 is 2.53 bits per heavy atom. The van der Waals surface area contributed by atoms with Gasteiger partial charge in [-0.2, -0.15) is 0 Å². The van der Waals surface area contributed by atoms with E-state index in [2.05, 4.69) is 10.6 Å². The maximum absolute atomic E-state index is 13.6. The Kier molecular flexibility index (Phi) is 5.83. The van der Waals surface area contributed by atoms with Crippen molar-refractivity contribution in [3.8, 4) is 11.5 Å². The highest BCUT2D eigenvalue weighted by Gasteiger charge is 2.69. The van der Waals surface area contributed by atoms with Gasteiger partial charge in [0.1, 0.15) is 17.3 Å². The second-order valence-electron chi connectivity index (χ2n) is 9.84. The molecule has 1 heterocycles. The molecule has 12 heteroatoms. The van der Waals surface area contributed by atoms with Crippen molar-refractivity contribution in [2.45, 2.75) is 43.4 Å². The van der Waals surface area contributed by atoms with E-state index in [4.69, 9.17) is 21.1 Å². The summed E-state index contributed by atoms with van der Waals surface area (Å²) in [6.07, 6.45) is 1.67. The van der Waals surface area contributed by atoms with Crippen molar-refractivity contribution in [1.82, 2.24) is 10.6 Å². The lowest BCUT2D eigenvalue weighted by Crippen LogP contribution is -2.84. The number of fused-ring (bicyclic) bond motifs is 1. The molecule has 3 aliphatic carbocycles. The summed E-state index contributed by atoms with van der Waals surface area (Å²) in [6, 6.07) is 9.00. The van der Waals surface area contributed by atoms with E-state index in [1.54, 1.807) is 25.1 Å². The van der Waals surface area contributed by atoms with Crippen molar-refractivity contribution in [3.63, 3.8) is 0 Å². The molecule has 9 nitrogen and oxygen atoms in total. The fraction of sp³-hybridized carbons (Fsp3) is 0.417. The molecular formula is C24H25ClFN3O6S. The van der Waals surface area contributed by atoms with Crippen molar-refractivity contribution in [2.75, 3.05) is 23.7 Å². The van der Waals surface area contributed by atoms with Crippen molar-refractivity contribution in [3.05, 3.63) is 52.8 Å². The Labute approximate surface area is 212 Å². The molecule has 4 aliphatic rings. The molecular weight excluding hydrogens is 513 g/mol. The number of halogens is 2. The summed E-state index contributed by atoms with van der Waals surface area (Å²) in [4.78, 5) is 25.3. The van der Waals surface area contributed by atoms with Crippen molar-refractivity contribution in [2.24, 2.45) is 0 Å². The molecule has 3 saturated carbocycles. The summed E-state index contributed by atoms with van der Waals surface area (Å²) in [7, 11) is -3.67. The molecule has 0 spiro atoms. The second-order valence-corrected chi connectivity index (χ2v) is 12.2. The van der Waals surface area contributed by atoms with E-state index in [0.29, 0.717) is 29.8 Å². The highest BCUT2D eigenvalue weighted by molar-refractivity contribution is 7.92. The third-order valence-electron chi connectivity index (χ3n) is 6.82. The number of anilines is 1. The molecule has 2 bridgehead atoms. The lowest BCUT2D eigenvalue weighted by molar-refractivity contribution is -0.153. The van der Waals surface area contributed by atoms with Crippen molar-refractivity contribution >= 4 is 39.1 Å². The fourth-order valence-corrected chi connectivity index (χ4v) is 6.29. The zero-order chi connectivity index (χ0) is 25.9. The van der Waals surface area contributed by atoms with E-state index in [9.17, 15) is 22.4 Å². The van der Waals surface area contributed by atoms with Crippen molar-refractivity contribution < 1.29 is 31.9 Å². The number of nitrogens with one attached hydrogen (secondary N) is 2. The van der Waals surface area contributed by atoms with Crippen LogP contribution in [0.25, 0.3) is 0 Å². The predicted octanol–water partition coefficient (Wildman–Crippen LogP) is 2.30. The van der Waals surface area contributed by atoms with Crippen LogP contribution in [0.2, 0.25) is 5.02 Å². The number of aryl methyl sites for hydroxylation is 1. The second kappa shape index (κ2) is 8.52. The number of amides is 2. The van der Waals surface area contributed by atoms with Crippen molar-refractivity contribution in [1.29, 1.82) is 0 Å². The average molecular weight is 538 g/mol. The van der Waals surface area contributed by atoms with Gasteiger partial charge in [-0.25, -0.2) is 12.8 Å². The lowest BCUT2D eigenvalue weighted by atomic mass is 9.44. The zero-order valence-corrected chi connectivity index (χ0v) is 21.2. The monoisotopic (exact) mass is 537 g/mol. The highest BCUT2D eigenvalue weighted by atomic mass is 35.5. The van der Waals surface area contributed by atoms with E-state index in [1.807, 2.05) is 0 Å². The van der Waals surface area contributed by atoms with E-state index < -0.39 is 38.9 Å². The summed E-state index contributed by atoms with van der Waals surface area (Å²) >= 11 is 6.01. The molecule has 2 N–H and O–H groups in total. The molecule has 1 atom stereocenters. The number of rotatable bonds is 7. The van der Waals surface area contributed by atoms with Crippen LogP contribution in [0.1, 0.15) is 24.8 Å². The summed E-state index contributed by atoms with van der Waals surface area (Å²) in [5, 5.41) is 6.27. The smallest absolute Gasteiger partial charge is 0.263 e. The molecule has 192 valence electrons. The quantitative estimate of drug-likeness (QED) is 0.560. The molecule has 0 saturated heterocycles. The molecule has 0 radical (unpaired) electrons. The van der Waals surface area contributed by atoms with Gasteiger partial charge in [0.2, 0.25) is 10.0 Å². The van der Waals surface area contributed by atoms with Crippen LogP contribution in [0.15, 0.2) is 36.4 Å². The molecule has 0 aromatic heterocycles. The summed E-state index contributed by atoms with van der Waals surface area (Å²) in [5.74, 6) is -0.627. The number of sulfonamides is 1. The Bertz CT molecular complexity index is 1350. The Balaban J connectivity index is 1.14. The molecule has 1 unspecified atom stereocenters. The van der Waals surface area contributed by atoms with E-state index in [0.717, 1.165) is 10.6 Å². The molecule has 1 aliphatic heterocycles. The largest absolute Gasteiger partial charge is 0.484 e. The number of benzene rings is 2. The van der Waals surface area contributed by atoms with Gasteiger partial charge in [0, 0.05) is 22.2 Å². The normalized spacial score (nSPS) is 26.0. The zero-order valence-electron chi connectivity index (χ0n) is 19.6. The number of carbonyl (C=O) groups excluding carboxylic acids is 2. The van der Waals surface area contributed by atoms with Gasteiger partial charge in [-0.1, -0.05) is 17.7 Å². The van der Waals surface area contributed by atoms with Crippen LogP contribution in [0.5, 0.6) is 11.5 Å². The molecule has 6 rings (SSSR count). The van der Waals surface area contributed by atoms with Crippen LogP contribution in [0, 0.1) is 12.7 Å². The molecule has 2 aromatic carbocycles. The van der Waals surface area contributed by atoms with Crippen LogP contribution in [-0.2, 0) is 19.6 Å². The number of carbonyl (C=O) groups is 2. The van der Waals surface area contributed by atoms with E-state index in [-0.39, 0.29) is 36.2 Å². The van der Waals surface area contributed by atoms with Crippen LogP contribution in [0.4, 0.5) is 10.1 Å². The van der Waals surface area contributed by atoms with Crippen LogP contribution < -0.4 is 24.4 Å². The van der Waals surface area contributed by atoms with Gasteiger partial charge in [0.15, 0.2) is 12.7 Å². The molecule has 36 heavy (non-hydrogen) atoms. The standard InChI is InChI=1S/C24H25ClFN3O6S/c1-14-3-5-16(8-17(14)26)34-10-21(30)27-23-11-24(12-23,13-23)28-22(31)20-9-29(36(2,32)33)18-7-15(25)4-6-19(18)35-20/h3-8,20H,9-13H2,1-2H3,(H,27,30)(H,28,31). The Morgan fingerprint density at radius 2 is 1.86 bits per heavy atom. The maximum Gasteiger partial charge on any atom is 0.263 e. The van der Waals surface area contributed by atoms with E-state index in [1.165, 1.54) is 18.2 Å². The first kappa shape index (κ1) is 24.6. The maximum atomic E-state index is 13.6. The minimum Gasteiger partial charge on any atom is -0.484 e. The predicted molar refractivity (Wildman–Crippen MR) is 130 cm³/mol. The van der Waals surface area contributed by atoms with Gasteiger partial charge in [-0.05, 0) is 56.0 Å². The first-order valence-corrected chi connectivity index (χ1v) is 13.6. The van der Waals surface area contributed by atoms with Crippen LogP contribution in [0.3, 0.4) is 0 Å². The number of nitrogens with zero attached hydrogens (tertiary/aromatic N) is 1. The first-order valence-electron chi connectivity index (χ1n) is 11.3. The number of hydrogen-bond donors (Lipinski definition) is 2. The number of hydrogen-bond acceptors (Lipinski definition) is 6. The van der Waals surface area contributed by atoms with E-state index >= 15 is 0 Å². The van der Waals surface area contributed by atoms with Gasteiger partial charge < -0.3 is 20.1 Å². The number of ether oxygens (including phenoxy) is 2. The van der Waals surface area contributed by atoms with Gasteiger partial charge in [0.05, 0.1) is 18.5 Å². The summed E-state index contributed by atoms with van der Waals surface area (Å²) in [6.45, 7) is 1.22. The van der Waals surface area contributed by atoms with Crippen LogP contribution >= 0.6 is 11.6 Å². The topological polar surface area (TPSA) is 114 Å². The van der Waals surface area contributed by atoms with Gasteiger partial charge in [0.25, 0.3) is 11.8 Å². The van der Waals surface area contributed by atoms with Gasteiger partial charge in [-0.3, -0.25) is 13.9 Å². The third kappa shape index (κ3) is 4.57. The Morgan fingerprint density at radius 1 is 1.17 bits per heavy atom. The minimum atomic E-state index is -3.67. The van der Waals surface area contributed by atoms with Gasteiger partial charge >= 0.3 is 0 Å². The molecule has 2 amide bonds. The third-order valence-corrected chi connectivity index (χ3v) is 8.20. The Hall–Kier alpha value is -3.05. The first-order chi connectivity index (χ1) is 16.9. The fourth-order valence-electron chi connectivity index (χ4n) is 5.21. The molecule has 2 aromatic rings.